The molecule has 0 fully saturated rings. The molecular formula is C45H29N3O2S. The first-order valence-electron chi connectivity index (χ1n) is 17.2. The maximum atomic E-state index is 6.42. The molecule has 0 spiro atoms. The van der Waals surface area contributed by atoms with Crippen LogP contribution in [0.4, 0.5) is 0 Å². The lowest BCUT2D eigenvalue weighted by molar-refractivity contribution is 0.411. The van der Waals surface area contributed by atoms with Crippen LogP contribution < -0.4 is 10.6 Å². The lowest BCUT2D eigenvalue weighted by Crippen LogP contribution is -2.45. The Morgan fingerprint density at radius 1 is 0.529 bits per heavy atom. The maximum Gasteiger partial charge on any atom is 0.143 e. The van der Waals surface area contributed by atoms with Crippen molar-refractivity contribution >= 4 is 81.2 Å². The molecule has 6 heteroatoms. The zero-order valence-electron chi connectivity index (χ0n) is 27.3. The van der Waals surface area contributed by atoms with Gasteiger partial charge in [-0.3, -0.25) is 5.32 Å². The van der Waals surface area contributed by atoms with Gasteiger partial charge in [0, 0.05) is 58.4 Å². The van der Waals surface area contributed by atoms with Crippen molar-refractivity contribution in [1.29, 1.82) is 0 Å². The SMILES string of the molecule is c1ccc(C2N=C(c3ccc4sc5ccc(-c6cccc7c6oc6ccccc67)cc5c4c3)NC(c3cccc4oc5ccccc5c34)N2)cc1. The summed E-state index contributed by atoms with van der Waals surface area (Å²) in [6, 6.07) is 53.2. The number of amidine groups is 1. The highest BCUT2D eigenvalue weighted by Crippen LogP contribution is 2.41. The van der Waals surface area contributed by atoms with Gasteiger partial charge in [-0.2, -0.15) is 0 Å². The van der Waals surface area contributed by atoms with Crippen LogP contribution in [0.15, 0.2) is 165 Å². The zero-order chi connectivity index (χ0) is 33.5. The predicted molar refractivity (Wildman–Crippen MR) is 210 cm³/mol. The van der Waals surface area contributed by atoms with Crippen LogP contribution in [0.5, 0.6) is 0 Å². The molecule has 0 bridgehead atoms. The molecular weight excluding hydrogens is 647 g/mol. The Hall–Kier alpha value is -6.21. The Morgan fingerprint density at radius 2 is 1.20 bits per heavy atom. The molecule has 10 aromatic rings. The number of rotatable bonds is 4. The fourth-order valence-corrected chi connectivity index (χ4v) is 8.85. The van der Waals surface area contributed by atoms with Gasteiger partial charge in [-0.1, -0.05) is 103 Å². The summed E-state index contributed by atoms with van der Waals surface area (Å²) in [5.41, 5.74) is 9.10. The number of nitrogens with zero attached hydrogens (tertiary/aromatic N) is 1. The highest BCUT2D eigenvalue weighted by Gasteiger charge is 2.28. The largest absolute Gasteiger partial charge is 0.456 e. The minimum absolute atomic E-state index is 0.210. The van der Waals surface area contributed by atoms with Crippen molar-refractivity contribution in [3.63, 3.8) is 0 Å². The molecule has 4 heterocycles. The van der Waals surface area contributed by atoms with Gasteiger partial charge in [0.25, 0.3) is 0 Å². The molecule has 0 saturated heterocycles. The van der Waals surface area contributed by atoms with E-state index in [0.717, 1.165) is 77.5 Å². The topological polar surface area (TPSA) is 62.7 Å². The Bertz CT molecular complexity index is 3010. The number of hydrogen-bond donors (Lipinski definition) is 2. The number of nitrogens with one attached hydrogen (secondary N) is 2. The van der Waals surface area contributed by atoms with Crippen LogP contribution in [-0.4, -0.2) is 5.84 Å². The molecule has 0 aliphatic carbocycles. The molecule has 1 aliphatic rings. The standard InChI is InChI=1S/C45H29N3O2S/c1-2-10-26(11-3-1)43-46-44(48-45(47-43)33-16-9-19-38-41(33)32-13-5-7-18-37(32)49-38)28-21-23-40-35(25-28)34-24-27(20-22-39(34)51-40)29-14-8-15-31-30-12-4-6-17-36(30)50-42(29)31/h1-25,43,45,47H,(H,46,48). The highest BCUT2D eigenvalue weighted by molar-refractivity contribution is 7.25. The third kappa shape index (κ3) is 4.54. The van der Waals surface area contributed by atoms with Gasteiger partial charge in [0.15, 0.2) is 0 Å². The molecule has 3 aromatic heterocycles. The van der Waals surface area contributed by atoms with Crippen LogP contribution >= 0.6 is 11.3 Å². The van der Waals surface area contributed by atoms with E-state index in [1.54, 1.807) is 0 Å². The summed E-state index contributed by atoms with van der Waals surface area (Å²) in [5, 5.41) is 14.5. The van der Waals surface area contributed by atoms with Crippen molar-refractivity contribution in [1.82, 2.24) is 10.6 Å². The molecule has 2 N–H and O–H groups in total. The van der Waals surface area contributed by atoms with Gasteiger partial charge in [0.05, 0.1) is 0 Å². The number of benzene rings is 7. The van der Waals surface area contributed by atoms with Crippen LogP contribution in [0, 0.1) is 0 Å². The molecule has 5 nitrogen and oxygen atoms in total. The quantitative estimate of drug-likeness (QED) is 0.195. The Morgan fingerprint density at radius 3 is 2.04 bits per heavy atom. The lowest BCUT2D eigenvalue weighted by atomic mass is 9.99. The first kappa shape index (κ1) is 28.6. The van der Waals surface area contributed by atoms with Gasteiger partial charge in [-0.15, -0.1) is 11.3 Å². The molecule has 242 valence electrons. The number of para-hydroxylation sites is 3. The van der Waals surface area contributed by atoms with Crippen molar-refractivity contribution in [3.8, 4) is 11.1 Å². The summed E-state index contributed by atoms with van der Waals surface area (Å²) in [4.78, 5) is 5.28. The van der Waals surface area contributed by atoms with Gasteiger partial charge >= 0.3 is 0 Å². The first-order chi connectivity index (χ1) is 25.2. The summed E-state index contributed by atoms with van der Waals surface area (Å²) < 4.78 is 15.2. The van der Waals surface area contributed by atoms with Crippen LogP contribution in [0.1, 0.15) is 29.0 Å². The van der Waals surface area contributed by atoms with Crippen molar-refractivity contribution in [2.75, 3.05) is 0 Å². The van der Waals surface area contributed by atoms with Gasteiger partial charge in [0.2, 0.25) is 0 Å². The summed E-state index contributed by atoms with van der Waals surface area (Å²) >= 11 is 1.82. The minimum atomic E-state index is -0.244. The van der Waals surface area contributed by atoms with E-state index in [0.29, 0.717) is 0 Å². The predicted octanol–water partition coefficient (Wildman–Crippen LogP) is 11.9. The second kappa shape index (κ2) is 11.2. The van der Waals surface area contributed by atoms with Gasteiger partial charge in [-0.05, 0) is 59.7 Å². The fraction of sp³-hybridized carbons (Fsp3) is 0.0444. The van der Waals surface area contributed by atoms with E-state index in [1.807, 2.05) is 47.7 Å². The lowest BCUT2D eigenvalue weighted by Gasteiger charge is -2.32. The summed E-state index contributed by atoms with van der Waals surface area (Å²) in [7, 11) is 0. The Labute approximate surface area is 296 Å². The number of thiophene rings is 1. The summed E-state index contributed by atoms with van der Waals surface area (Å²) in [6.07, 6.45) is -0.454. The van der Waals surface area contributed by atoms with E-state index in [9.17, 15) is 0 Å². The van der Waals surface area contributed by atoms with E-state index in [4.69, 9.17) is 13.8 Å². The van der Waals surface area contributed by atoms with Crippen LogP contribution in [0.2, 0.25) is 0 Å². The summed E-state index contributed by atoms with van der Waals surface area (Å²) in [5.74, 6) is 0.849. The molecule has 1 aliphatic heterocycles. The van der Waals surface area contributed by atoms with Crippen LogP contribution in [0.3, 0.4) is 0 Å². The monoisotopic (exact) mass is 675 g/mol. The van der Waals surface area contributed by atoms with Crippen molar-refractivity contribution in [2.45, 2.75) is 12.3 Å². The summed E-state index contributed by atoms with van der Waals surface area (Å²) in [6.45, 7) is 0. The smallest absolute Gasteiger partial charge is 0.143 e. The molecule has 51 heavy (non-hydrogen) atoms. The van der Waals surface area contributed by atoms with Crippen molar-refractivity contribution in [3.05, 3.63) is 168 Å². The average molecular weight is 676 g/mol. The van der Waals surface area contributed by atoms with Crippen molar-refractivity contribution < 1.29 is 8.83 Å². The van der Waals surface area contributed by atoms with E-state index in [2.05, 4.69) is 126 Å². The zero-order valence-corrected chi connectivity index (χ0v) is 28.1. The number of aliphatic imine (C=N–C) groups is 1. The molecule has 0 saturated carbocycles. The second-order valence-corrected chi connectivity index (χ2v) is 14.2. The van der Waals surface area contributed by atoms with Gasteiger partial charge < -0.3 is 14.2 Å². The number of fused-ring (bicyclic) bond motifs is 9. The number of furan rings is 2. The molecule has 7 aromatic carbocycles. The molecule has 0 amide bonds. The Balaban J connectivity index is 1.05. The third-order valence-corrected chi connectivity index (χ3v) is 11.3. The van der Waals surface area contributed by atoms with Crippen LogP contribution in [0.25, 0.3) is 75.2 Å². The molecule has 2 atom stereocenters. The van der Waals surface area contributed by atoms with E-state index in [1.165, 1.54) is 20.2 Å². The minimum Gasteiger partial charge on any atom is -0.456 e. The Kier molecular flexibility index (Phi) is 6.26. The molecule has 2 unspecified atom stereocenters. The van der Waals surface area contributed by atoms with Gasteiger partial charge in [0.1, 0.15) is 40.5 Å². The van der Waals surface area contributed by atoms with E-state index in [-0.39, 0.29) is 12.3 Å². The maximum absolute atomic E-state index is 6.42. The van der Waals surface area contributed by atoms with Gasteiger partial charge in [-0.25, -0.2) is 4.99 Å². The van der Waals surface area contributed by atoms with E-state index < -0.39 is 0 Å². The van der Waals surface area contributed by atoms with Crippen molar-refractivity contribution in [2.24, 2.45) is 4.99 Å². The third-order valence-electron chi connectivity index (χ3n) is 10.2. The normalized spacial score (nSPS) is 16.4. The van der Waals surface area contributed by atoms with E-state index >= 15 is 0 Å². The average Bonchev–Trinajstić information content (AvgIpc) is 3.89. The fourth-order valence-electron chi connectivity index (χ4n) is 7.78. The van der Waals surface area contributed by atoms with Crippen LogP contribution in [-0.2, 0) is 0 Å². The molecule has 0 radical (unpaired) electrons. The molecule has 11 rings (SSSR count). The first-order valence-corrected chi connectivity index (χ1v) is 18.0. The highest BCUT2D eigenvalue weighted by atomic mass is 32.1. The second-order valence-electron chi connectivity index (χ2n) is 13.2. The number of hydrogen-bond acceptors (Lipinski definition) is 6.